The molecule has 1 aliphatic carbocycles. The summed E-state index contributed by atoms with van der Waals surface area (Å²) in [5, 5.41) is 2.75. The molecule has 2 aliphatic heterocycles. The Balaban J connectivity index is 0.00000423. The lowest BCUT2D eigenvalue weighted by molar-refractivity contribution is 0.0142. The Kier molecular flexibility index (Phi) is 9.05. The number of benzene rings is 1. The van der Waals surface area contributed by atoms with E-state index in [4.69, 9.17) is 9.47 Å². The maximum absolute atomic E-state index is 14.9. The third-order valence-corrected chi connectivity index (χ3v) is 7.82. The van der Waals surface area contributed by atoms with Crippen molar-refractivity contribution in [2.75, 3.05) is 26.2 Å². The first kappa shape index (κ1) is 29.9. The fourth-order valence-corrected chi connectivity index (χ4v) is 5.48. The number of likely N-dealkylation sites (tertiary alicyclic amines) is 1. The Morgan fingerprint density at radius 3 is 2.36 bits per heavy atom. The zero-order valence-electron chi connectivity index (χ0n) is 24.6. The van der Waals surface area contributed by atoms with Crippen molar-refractivity contribution >= 4 is 17.9 Å². The van der Waals surface area contributed by atoms with Gasteiger partial charge in [0, 0.05) is 57.7 Å². The monoisotopic (exact) mass is 583 g/mol. The predicted molar refractivity (Wildman–Crippen MR) is 155 cm³/mol. The number of halogens is 1. The van der Waals surface area contributed by atoms with Crippen LogP contribution < -0.4 is 5.32 Å². The minimum atomic E-state index is -0.670. The lowest BCUT2D eigenvalue weighted by Gasteiger charge is -2.39. The van der Waals surface area contributed by atoms with E-state index < -0.39 is 17.3 Å². The first-order chi connectivity index (χ1) is 20.1. The molecule has 1 aromatic carbocycles. The van der Waals surface area contributed by atoms with E-state index in [1.807, 2.05) is 25.7 Å². The molecule has 1 N–H and O–H groups in total. The zero-order chi connectivity index (χ0) is 29.9. The summed E-state index contributed by atoms with van der Waals surface area (Å²) in [6.07, 6.45) is 8.78. The van der Waals surface area contributed by atoms with E-state index in [2.05, 4.69) is 15.3 Å². The van der Waals surface area contributed by atoms with Crippen LogP contribution in [0.1, 0.15) is 87.9 Å². The van der Waals surface area contributed by atoms with E-state index in [1.165, 1.54) is 24.5 Å². The van der Waals surface area contributed by atoms with E-state index in [0.717, 1.165) is 32.1 Å². The summed E-state index contributed by atoms with van der Waals surface area (Å²) in [7, 11) is 0. The minimum absolute atomic E-state index is 0. The van der Waals surface area contributed by atoms with Gasteiger partial charge in [-0.05, 0) is 77.8 Å². The molecule has 0 spiro atoms. The summed E-state index contributed by atoms with van der Waals surface area (Å²) in [6, 6.07) is 4.44. The predicted octanol–water partition coefficient (Wildman–Crippen LogP) is 4.83. The number of aromatic nitrogens is 2. The molecule has 1 saturated carbocycles. The van der Waals surface area contributed by atoms with Crippen molar-refractivity contribution in [1.29, 1.82) is 0 Å². The van der Waals surface area contributed by atoms with Crippen LogP contribution in [-0.4, -0.2) is 87.7 Å². The number of piperidine rings is 1. The standard InChI is InChI=1S/C31H40FN5O5.H2/c1-31(2,3)42-30(40)36-13-11-23(12-14-36)37(22-8-9-22)29(39)21-17-33-27(34-18-21)20-7-10-25(26(32)16-20)28(38)35-19-24-6-4-5-15-41-24;/h7,10,16-18,22-24H,4-6,8-9,11-15,19H2,1-3H3,(H,35,38);1H. The molecule has 2 aromatic rings. The van der Waals surface area contributed by atoms with Crippen LogP contribution in [0.3, 0.4) is 0 Å². The first-order valence-electron chi connectivity index (χ1n) is 14.9. The first-order valence-corrected chi connectivity index (χ1v) is 14.9. The molecule has 2 saturated heterocycles. The van der Waals surface area contributed by atoms with Gasteiger partial charge in [-0.25, -0.2) is 19.2 Å². The summed E-state index contributed by atoms with van der Waals surface area (Å²) < 4.78 is 26.0. The van der Waals surface area contributed by atoms with Crippen molar-refractivity contribution < 1.29 is 29.7 Å². The van der Waals surface area contributed by atoms with Crippen molar-refractivity contribution in [3.8, 4) is 11.4 Å². The van der Waals surface area contributed by atoms with Gasteiger partial charge in [-0.3, -0.25) is 9.59 Å². The maximum atomic E-state index is 14.9. The Bertz CT molecular complexity index is 1290. The molecule has 228 valence electrons. The van der Waals surface area contributed by atoms with E-state index in [9.17, 15) is 18.8 Å². The maximum Gasteiger partial charge on any atom is 0.410 e. The van der Waals surface area contributed by atoms with E-state index >= 15 is 0 Å². The van der Waals surface area contributed by atoms with Crippen molar-refractivity contribution in [3.05, 3.63) is 47.5 Å². The summed E-state index contributed by atoms with van der Waals surface area (Å²) in [6.45, 7) is 7.62. The summed E-state index contributed by atoms with van der Waals surface area (Å²) in [5.74, 6) is -1.04. The number of hydrogen-bond acceptors (Lipinski definition) is 7. The molecular weight excluding hydrogens is 541 g/mol. The van der Waals surface area contributed by atoms with Crippen LogP contribution in [0.4, 0.5) is 9.18 Å². The van der Waals surface area contributed by atoms with Crippen LogP contribution in [0.5, 0.6) is 0 Å². The molecule has 3 amide bonds. The molecule has 3 fully saturated rings. The second-order valence-corrected chi connectivity index (χ2v) is 12.3. The van der Waals surface area contributed by atoms with Crippen LogP contribution >= 0.6 is 0 Å². The lowest BCUT2D eigenvalue weighted by Crippen LogP contribution is -2.50. The van der Waals surface area contributed by atoms with Gasteiger partial charge >= 0.3 is 6.09 Å². The molecule has 3 aliphatic rings. The summed E-state index contributed by atoms with van der Waals surface area (Å²) in [5.41, 5.74) is 0.163. The van der Waals surface area contributed by atoms with Crippen molar-refractivity contribution in [1.82, 2.24) is 25.1 Å². The summed E-state index contributed by atoms with van der Waals surface area (Å²) in [4.78, 5) is 50.9. The van der Waals surface area contributed by atoms with E-state index in [-0.39, 0.29) is 43.0 Å². The number of nitrogens with zero attached hydrogens (tertiary/aromatic N) is 4. The SMILES string of the molecule is CC(C)(C)OC(=O)N1CCC(N(C(=O)c2cnc(-c3ccc(C(=O)NCC4CCCCO4)c(F)c3)nc2)C2CC2)CC1.[HH]. The van der Waals surface area contributed by atoms with Crippen molar-refractivity contribution in [2.45, 2.75) is 89.5 Å². The number of rotatable bonds is 7. The van der Waals surface area contributed by atoms with Gasteiger partial charge in [0.15, 0.2) is 5.82 Å². The van der Waals surface area contributed by atoms with Crippen LogP contribution in [0.15, 0.2) is 30.6 Å². The van der Waals surface area contributed by atoms with Gasteiger partial charge in [-0.1, -0.05) is 6.07 Å². The quantitative estimate of drug-likeness (QED) is 0.497. The molecule has 0 radical (unpaired) electrons. The van der Waals surface area contributed by atoms with Crippen LogP contribution in [0.25, 0.3) is 11.4 Å². The second-order valence-electron chi connectivity index (χ2n) is 12.3. The summed E-state index contributed by atoms with van der Waals surface area (Å²) >= 11 is 0. The number of hydrogen-bond donors (Lipinski definition) is 1. The van der Waals surface area contributed by atoms with Crippen molar-refractivity contribution in [2.24, 2.45) is 0 Å². The van der Waals surface area contributed by atoms with Gasteiger partial charge in [0.1, 0.15) is 11.4 Å². The normalized spacial score (nSPS) is 19.7. The van der Waals surface area contributed by atoms with Crippen LogP contribution in [-0.2, 0) is 9.47 Å². The van der Waals surface area contributed by atoms with Gasteiger partial charge in [-0.2, -0.15) is 0 Å². The van der Waals surface area contributed by atoms with Crippen LogP contribution in [0.2, 0.25) is 0 Å². The molecule has 42 heavy (non-hydrogen) atoms. The van der Waals surface area contributed by atoms with E-state index in [0.29, 0.717) is 50.2 Å². The highest BCUT2D eigenvalue weighted by Gasteiger charge is 2.40. The van der Waals surface area contributed by atoms with Gasteiger partial charge in [0.2, 0.25) is 0 Å². The third kappa shape index (κ3) is 7.42. The molecule has 5 rings (SSSR count). The zero-order valence-corrected chi connectivity index (χ0v) is 24.6. The highest BCUT2D eigenvalue weighted by Crippen LogP contribution is 2.33. The molecule has 1 atom stereocenters. The van der Waals surface area contributed by atoms with Gasteiger partial charge in [-0.15, -0.1) is 0 Å². The molecule has 11 heteroatoms. The molecular formula is C31H42FN5O5. The topological polar surface area (TPSA) is 114 Å². The molecule has 3 heterocycles. The molecule has 1 aromatic heterocycles. The lowest BCUT2D eigenvalue weighted by atomic mass is 10.0. The Labute approximate surface area is 247 Å². The number of amides is 3. The molecule has 1 unspecified atom stereocenters. The molecule has 10 nitrogen and oxygen atoms in total. The number of nitrogens with one attached hydrogen (secondary N) is 1. The number of ether oxygens (including phenoxy) is 2. The number of carbonyl (C=O) groups excluding carboxylic acids is 3. The fourth-order valence-electron chi connectivity index (χ4n) is 5.48. The number of carbonyl (C=O) groups is 3. The highest BCUT2D eigenvalue weighted by atomic mass is 19.1. The Morgan fingerprint density at radius 2 is 1.76 bits per heavy atom. The van der Waals surface area contributed by atoms with Crippen LogP contribution in [0, 0.1) is 5.82 Å². The Hall–Kier alpha value is -3.60. The third-order valence-electron chi connectivity index (χ3n) is 7.82. The minimum Gasteiger partial charge on any atom is -0.444 e. The second kappa shape index (κ2) is 12.7. The van der Waals surface area contributed by atoms with Gasteiger partial charge < -0.3 is 24.6 Å². The molecule has 0 bridgehead atoms. The smallest absolute Gasteiger partial charge is 0.410 e. The van der Waals surface area contributed by atoms with E-state index in [1.54, 1.807) is 11.0 Å². The average Bonchev–Trinajstić information content (AvgIpc) is 3.81. The Morgan fingerprint density at radius 1 is 1.07 bits per heavy atom. The van der Waals surface area contributed by atoms with Crippen molar-refractivity contribution in [3.63, 3.8) is 0 Å². The largest absolute Gasteiger partial charge is 0.444 e. The average molecular weight is 584 g/mol. The van der Waals surface area contributed by atoms with Gasteiger partial charge in [0.25, 0.3) is 11.8 Å². The van der Waals surface area contributed by atoms with Gasteiger partial charge in [0.05, 0.1) is 17.2 Å². The fraction of sp³-hybridized carbons (Fsp3) is 0.581. The highest BCUT2D eigenvalue weighted by molar-refractivity contribution is 5.95.